The van der Waals surface area contributed by atoms with E-state index in [0.29, 0.717) is 17.0 Å². The number of anilines is 1. The summed E-state index contributed by atoms with van der Waals surface area (Å²) < 4.78 is 5.12. The number of nitro groups is 1. The van der Waals surface area contributed by atoms with Crippen molar-refractivity contribution < 1.29 is 9.66 Å². The maximum absolute atomic E-state index is 10.9. The van der Waals surface area contributed by atoms with Crippen molar-refractivity contribution in [2.75, 3.05) is 12.5 Å². The van der Waals surface area contributed by atoms with Gasteiger partial charge in [0.05, 0.1) is 23.4 Å². The molecule has 0 aromatic heterocycles. The zero-order chi connectivity index (χ0) is 19.8. The number of benzene rings is 3. The monoisotopic (exact) mass is 375 g/mol. The molecule has 0 amide bonds. The van der Waals surface area contributed by atoms with Gasteiger partial charge in [-0.1, -0.05) is 18.2 Å². The highest BCUT2D eigenvalue weighted by Crippen LogP contribution is 2.19. The number of hydrogen-bond acceptors (Lipinski definition) is 6. The molecule has 8 nitrogen and oxygen atoms in total. The maximum atomic E-state index is 10.9. The van der Waals surface area contributed by atoms with Gasteiger partial charge in [-0.2, -0.15) is 5.10 Å². The van der Waals surface area contributed by atoms with Gasteiger partial charge in [0.1, 0.15) is 5.75 Å². The van der Waals surface area contributed by atoms with Crippen LogP contribution in [0.25, 0.3) is 0 Å². The van der Waals surface area contributed by atoms with Crippen molar-refractivity contribution in [1.82, 2.24) is 0 Å². The molecule has 3 aromatic rings. The number of nitrogens with zero attached hydrogens (tertiary/aromatic N) is 4. The number of amidine groups is 1. The second-order valence-electron chi connectivity index (χ2n) is 5.62. The summed E-state index contributed by atoms with van der Waals surface area (Å²) in [4.78, 5) is 10.4. The molecular weight excluding hydrogens is 358 g/mol. The molecule has 3 rings (SSSR count). The number of hydrazone groups is 1. The van der Waals surface area contributed by atoms with E-state index in [1.54, 1.807) is 43.5 Å². The van der Waals surface area contributed by atoms with E-state index >= 15 is 0 Å². The van der Waals surface area contributed by atoms with E-state index < -0.39 is 4.92 Å². The van der Waals surface area contributed by atoms with Crippen LogP contribution in [-0.4, -0.2) is 17.9 Å². The topological polar surface area (TPSA) is 101 Å². The minimum Gasteiger partial charge on any atom is -0.497 e. The molecule has 0 aliphatic rings. The molecular formula is C20H17N5O3. The molecule has 28 heavy (non-hydrogen) atoms. The molecule has 0 saturated heterocycles. The number of hydrogen-bond donors (Lipinski definition) is 1. The Hall–Kier alpha value is -4.07. The standard InChI is InChI=1S/C20H17N5O3/c1-28-19-13-9-17(10-14-19)22-24-20(23-21-16-5-3-2-4-6-16)15-7-11-18(12-8-15)25(26)27/h2-14,21H,1H3/b23-20+,24-22?. The van der Waals surface area contributed by atoms with Gasteiger partial charge in [0.2, 0.25) is 5.84 Å². The van der Waals surface area contributed by atoms with Gasteiger partial charge in [0, 0.05) is 17.7 Å². The van der Waals surface area contributed by atoms with Crippen molar-refractivity contribution in [3.05, 3.63) is 94.5 Å². The molecule has 0 bridgehead atoms. The Morgan fingerprint density at radius 2 is 1.64 bits per heavy atom. The number of nitro benzene ring substituents is 1. The summed E-state index contributed by atoms with van der Waals surface area (Å²) in [5.74, 6) is 1.00. The first-order valence-corrected chi connectivity index (χ1v) is 8.35. The number of azo groups is 1. The number of para-hydroxylation sites is 1. The fourth-order valence-corrected chi connectivity index (χ4v) is 2.26. The van der Waals surface area contributed by atoms with Gasteiger partial charge in [0.25, 0.3) is 5.69 Å². The number of ether oxygens (including phenoxy) is 1. The van der Waals surface area contributed by atoms with Crippen molar-refractivity contribution in [2.45, 2.75) is 0 Å². The lowest BCUT2D eigenvalue weighted by Crippen LogP contribution is -2.01. The predicted molar refractivity (Wildman–Crippen MR) is 107 cm³/mol. The molecule has 0 aliphatic carbocycles. The highest BCUT2D eigenvalue weighted by molar-refractivity contribution is 5.99. The second kappa shape index (κ2) is 9.04. The van der Waals surface area contributed by atoms with Crippen molar-refractivity contribution >= 4 is 22.9 Å². The normalized spacial score (nSPS) is 11.4. The first-order valence-electron chi connectivity index (χ1n) is 8.35. The van der Waals surface area contributed by atoms with Gasteiger partial charge >= 0.3 is 0 Å². The third-order valence-corrected chi connectivity index (χ3v) is 3.73. The van der Waals surface area contributed by atoms with Crippen molar-refractivity contribution in [2.24, 2.45) is 15.3 Å². The summed E-state index contributed by atoms with van der Waals surface area (Å²) in [5.41, 5.74) is 4.90. The largest absolute Gasteiger partial charge is 0.497 e. The van der Waals surface area contributed by atoms with E-state index in [1.807, 2.05) is 30.3 Å². The summed E-state index contributed by atoms with van der Waals surface area (Å²) in [6, 6.07) is 22.4. The predicted octanol–water partition coefficient (Wildman–Crippen LogP) is 5.16. The fourth-order valence-electron chi connectivity index (χ4n) is 2.26. The minimum absolute atomic E-state index is 0.00814. The molecule has 0 atom stereocenters. The Morgan fingerprint density at radius 3 is 2.25 bits per heavy atom. The van der Waals surface area contributed by atoms with E-state index in [4.69, 9.17) is 4.74 Å². The number of methoxy groups -OCH3 is 1. The van der Waals surface area contributed by atoms with Gasteiger partial charge < -0.3 is 4.74 Å². The number of rotatable bonds is 6. The first-order chi connectivity index (χ1) is 13.7. The Labute approximate surface area is 161 Å². The molecule has 0 radical (unpaired) electrons. The maximum Gasteiger partial charge on any atom is 0.269 e. The van der Waals surface area contributed by atoms with Gasteiger partial charge in [-0.25, -0.2) is 0 Å². The highest BCUT2D eigenvalue weighted by Gasteiger charge is 2.08. The lowest BCUT2D eigenvalue weighted by atomic mass is 10.2. The van der Waals surface area contributed by atoms with Gasteiger partial charge in [0.15, 0.2) is 0 Å². The molecule has 0 saturated carbocycles. The van der Waals surface area contributed by atoms with Gasteiger partial charge in [-0.3, -0.25) is 15.5 Å². The smallest absolute Gasteiger partial charge is 0.269 e. The first kappa shape index (κ1) is 18.7. The van der Waals surface area contributed by atoms with Crippen LogP contribution in [0.2, 0.25) is 0 Å². The lowest BCUT2D eigenvalue weighted by Gasteiger charge is -2.03. The molecule has 0 aliphatic heterocycles. The van der Waals surface area contributed by atoms with Crippen LogP contribution in [0.5, 0.6) is 5.75 Å². The van der Waals surface area contributed by atoms with Crippen LogP contribution < -0.4 is 10.2 Å². The zero-order valence-electron chi connectivity index (χ0n) is 15.0. The van der Waals surface area contributed by atoms with E-state index in [-0.39, 0.29) is 11.5 Å². The summed E-state index contributed by atoms with van der Waals surface area (Å²) >= 11 is 0. The highest BCUT2D eigenvalue weighted by atomic mass is 16.6. The molecule has 0 fully saturated rings. The molecule has 0 heterocycles. The summed E-state index contributed by atoms with van der Waals surface area (Å²) in [6.07, 6.45) is 0. The van der Waals surface area contributed by atoms with Crippen molar-refractivity contribution in [3.63, 3.8) is 0 Å². The second-order valence-corrected chi connectivity index (χ2v) is 5.62. The van der Waals surface area contributed by atoms with E-state index in [2.05, 4.69) is 20.8 Å². The molecule has 1 N–H and O–H groups in total. The average Bonchev–Trinajstić information content (AvgIpc) is 2.75. The number of nitrogens with one attached hydrogen (secondary N) is 1. The van der Waals surface area contributed by atoms with Gasteiger partial charge in [-0.05, 0) is 48.5 Å². The Bertz CT molecular complexity index is 985. The summed E-state index contributed by atoms with van der Waals surface area (Å²) in [6.45, 7) is 0. The van der Waals surface area contributed by atoms with Crippen LogP contribution in [0.4, 0.5) is 17.1 Å². The molecule has 140 valence electrons. The van der Waals surface area contributed by atoms with Crippen LogP contribution in [0.3, 0.4) is 0 Å². The third kappa shape index (κ3) is 4.98. The van der Waals surface area contributed by atoms with Crippen LogP contribution >= 0.6 is 0 Å². The van der Waals surface area contributed by atoms with Crippen LogP contribution in [0.1, 0.15) is 5.56 Å². The summed E-state index contributed by atoms with van der Waals surface area (Å²) in [7, 11) is 1.59. The quantitative estimate of drug-likeness (QED) is 0.211. The third-order valence-electron chi connectivity index (χ3n) is 3.73. The van der Waals surface area contributed by atoms with E-state index in [0.717, 1.165) is 5.69 Å². The summed E-state index contributed by atoms with van der Waals surface area (Å²) in [5, 5.41) is 23.6. The fraction of sp³-hybridized carbons (Fsp3) is 0.0500. The number of non-ortho nitro benzene ring substituents is 1. The lowest BCUT2D eigenvalue weighted by molar-refractivity contribution is -0.384. The zero-order valence-corrected chi connectivity index (χ0v) is 15.0. The molecule has 0 spiro atoms. The SMILES string of the molecule is COc1ccc(N=N/C(=N/Nc2ccccc2)c2ccc([N+](=O)[O-])cc2)cc1. The van der Waals surface area contributed by atoms with E-state index in [1.165, 1.54) is 12.1 Å². The molecule has 8 heteroatoms. The molecule has 0 unspecified atom stereocenters. The van der Waals surface area contributed by atoms with Crippen molar-refractivity contribution in [3.8, 4) is 5.75 Å². The Morgan fingerprint density at radius 1 is 0.964 bits per heavy atom. The van der Waals surface area contributed by atoms with Crippen molar-refractivity contribution in [1.29, 1.82) is 0 Å². The van der Waals surface area contributed by atoms with E-state index in [9.17, 15) is 10.1 Å². The van der Waals surface area contributed by atoms with Crippen LogP contribution in [-0.2, 0) is 0 Å². The average molecular weight is 375 g/mol. The molecule has 3 aromatic carbocycles. The van der Waals surface area contributed by atoms with Gasteiger partial charge in [-0.15, -0.1) is 10.2 Å². The minimum atomic E-state index is -0.457. The van der Waals surface area contributed by atoms with Crippen LogP contribution in [0.15, 0.2) is 94.2 Å². The Balaban J connectivity index is 1.88. The Kier molecular flexibility index (Phi) is 6.04. The van der Waals surface area contributed by atoms with Crippen LogP contribution in [0, 0.1) is 10.1 Å².